The minimum absolute atomic E-state index is 0.0797. The van der Waals surface area contributed by atoms with Crippen molar-refractivity contribution in [2.24, 2.45) is 0 Å². The van der Waals surface area contributed by atoms with Crippen molar-refractivity contribution in [3.63, 3.8) is 0 Å². The highest BCUT2D eigenvalue weighted by atomic mass is 16.5. The highest BCUT2D eigenvalue weighted by molar-refractivity contribution is 5.56. The molecule has 6 rings (SSSR count). The molecular weight excluding hydrogens is 358 g/mol. The van der Waals surface area contributed by atoms with Crippen molar-refractivity contribution in [3.05, 3.63) is 88.5 Å². The zero-order valence-corrected chi connectivity index (χ0v) is 16.5. The molecular formula is C26H25NO2. The summed E-state index contributed by atoms with van der Waals surface area (Å²) in [6.07, 6.45) is 5.46. The van der Waals surface area contributed by atoms with Gasteiger partial charge >= 0.3 is 0 Å². The lowest BCUT2D eigenvalue weighted by atomic mass is 9.92. The van der Waals surface area contributed by atoms with Crippen LogP contribution in [-0.4, -0.2) is 6.61 Å². The first-order valence-corrected chi connectivity index (χ1v) is 10.7. The van der Waals surface area contributed by atoms with Gasteiger partial charge in [-0.2, -0.15) is 0 Å². The standard InChI is InChI=1S/C26H25NO2/c1-2-6-22-17(4-1)11-12-23(27-22)19-8-10-21-16-26(29-25(21)14-19)20-9-7-18-5-3-13-28-24(18)15-20/h1-2,4,6-10,14-15,23,26-27H,3,5,11-13,16H2. The largest absolute Gasteiger partial charge is 0.493 e. The van der Waals surface area contributed by atoms with Crippen molar-refractivity contribution in [1.29, 1.82) is 0 Å². The van der Waals surface area contributed by atoms with E-state index in [4.69, 9.17) is 9.47 Å². The van der Waals surface area contributed by atoms with Gasteiger partial charge in [0.25, 0.3) is 0 Å². The summed E-state index contributed by atoms with van der Waals surface area (Å²) >= 11 is 0. The molecule has 146 valence electrons. The van der Waals surface area contributed by atoms with Gasteiger partial charge in [-0.25, -0.2) is 0 Å². The second-order valence-corrected chi connectivity index (χ2v) is 8.39. The van der Waals surface area contributed by atoms with E-state index in [-0.39, 0.29) is 6.10 Å². The van der Waals surface area contributed by atoms with Crippen LogP contribution in [0.25, 0.3) is 0 Å². The zero-order chi connectivity index (χ0) is 19.2. The number of anilines is 1. The van der Waals surface area contributed by atoms with Gasteiger partial charge in [0.05, 0.1) is 12.6 Å². The minimum atomic E-state index is 0.0797. The molecule has 2 atom stereocenters. The number of nitrogens with one attached hydrogen (secondary N) is 1. The van der Waals surface area contributed by atoms with Crippen molar-refractivity contribution in [3.8, 4) is 11.5 Å². The highest BCUT2D eigenvalue weighted by Crippen LogP contribution is 2.41. The van der Waals surface area contributed by atoms with E-state index in [9.17, 15) is 0 Å². The van der Waals surface area contributed by atoms with Crippen LogP contribution < -0.4 is 14.8 Å². The third-order valence-electron chi connectivity index (χ3n) is 6.53. The smallest absolute Gasteiger partial charge is 0.128 e. The summed E-state index contributed by atoms with van der Waals surface area (Å²) in [5.41, 5.74) is 7.82. The van der Waals surface area contributed by atoms with Crippen LogP contribution in [0.1, 0.15) is 52.8 Å². The van der Waals surface area contributed by atoms with Crippen LogP contribution >= 0.6 is 0 Å². The van der Waals surface area contributed by atoms with Crippen LogP contribution in [0.4, 0.5) is 5.69 Å². The number of rotatable bonds is 2. The molecule has 0 bridgehead atoms. The van der Waals surface area contributed by atoms with Crippen molar-refractivity contribution < 1.29 is 9.47 Å². The van der Waals surface area contributed by atoms with Gasteiger partial charge in [0.1, 0.15) is 17.6 Å². The maximum absolute atomic E-state index is 6.40. The molecule has 0 aliphatic carbocycles. The van der Waals surface area contributed by atoms with E-state index in [0.717, 1.165) is 50.2 Å². The van der Waals surface area contributed by atoms with Gasteiger partial charge in [-0.1, -0.05) is 42.5 Å². The number of aryl methyl sites for hydroxylation is 2. The third-order valence-corrected chi connectivity index (χ3v) is 6.53. The van der Waals surface area contributed by atoms with E-state index in [2.05, 4.69) is 66.0 Å². The minimum Gasteiger partial charge on any atom is -0.493 e. The summed E-state index contributed by atoms with van der Waals surface area (Å²) in [6, 6.07) is 22.3. The lowest BCUT2D eigenvalue weighted by Gasteiger charge is -2.27. The maximum atomic E-state index is 6.40. The van der Waals surface area contributed by atoms with Gasteiger partial charge in [-0.3, -0.25) is 0 Å². The summed E-state index contributed by atoms with van der Waals surface area (Å²) < 4.78 is 12.3. The third kappa shape index (κ3) is 3.05. The zero-order valence-electron chi connectivity index (χ0n) is 16.5. The lowest BCUT2D eigenvalue weighted by molar-refractivity contribution is 0.236. The number of para-hydroxylation sites is 1. The number of ether oxygens (including phenoxy) is 2. The molecule has 3 heteroatoms. The van der Waals surface area contributed by atoms with E-state index in [1.165, 1.54) is 33.5 Å². The Bertz CT molecular complexity index is 1070. The fourth-order valence-electron chi connectivity index (χ4n) is 4.89. The van der Waals surface area contributed by atoms with Gasteiger partial charge in [-0.05, 0) is 71.7 Å². The molecule has 0 aromatic heterocycles. The van der Waals surface area contributed by atoms with E-state index >= 15 is 0 Å². The number of hydrogen-bond donors (Lipinski definition) is 1. The first-order chi connectivity index (χ1) is 14.3. The van der Waals surface area contributed by atoms with Crippen LogP contribution in [0.2, 0.25) is 0 Å². The summed E-state index contributed by atoms with van der Waals surface area (Å²) in [7, 11) is 0. The Morgan fingerprint density at radius 3 is 2.66 bits per heavy atom. The average molecular weight is 383 g/mol. The first-order valence-electron chi connectivity index (χ1n) is 10.7. The molecule has 29 heavy (non-hydrogen) atoms. The van der Waals surface area contributed by atoms with Crippen LogP contribution in [0, 0.1) is 0 Å². The van der Waals surface area contributed by atoms with Crippen molar-refractivity contribution in [2.45, 2.75) is 44.2 Å². The topological polar surface area (TPSA) is 30.5 Å². The Balaban J connectivity index is 1.23. The van der Waals surface area contributed by atoms with Gasteiger partial charge in [0.15, 0.2) is 0 Å². The molecule has 0 fully saturated rings. The monoisotopic (exact) mass is 383 g/mol. The fraction of sp³-hybridized carbons (Fsp3) is 0.308. The Labute approximate surface area is 171 Å². The van der Waals surface area contributed by atoms with E-state index in [1.807, 2.05) is 0 Å². The molecule has 0 spiro atoms. The predicted octanol–water partition coefficient (Wildman–Crippen LogP) is 5.79. The van der Waals surface area contributed by atoms with Crippen molar-refractivity contribution in [1.82, 2.24) is 0 Å². The van der Waals surface area contributed by atoms with Gasteiger partial charge in [0, 0.05) is 12.1 Å². The average Bonchev–Trinajstić information content (AvgIpc) is 3.22. The highest BCUT2D eigenvalue weighted by Gasteiger charge is 2.27. The predicted molar refractivity (Wildman–Crippen MR) is 115 cm³/mol. The van der Waals surface area contributed by atoms with Gasteiger partial charge in [-0.15, -0.1) is 0 Å². The summed E-state index contributed by atoms with van der Waals surface area (Å²) in [5.74, 6) is 2.07. The van der Waals surface area contributed by atoms with Crippen LogP contribution in [0.3, 0.4) is 0 Å². The molecule has 3 aromatic rings. The second kappa shape index (κ2) is 6.84. The maximum Gasteiger partial charge on any atom is 0.128 e. The Kier molecular flexibility index (Phi) is 4.00. The SMILES string of the molecule is c1ccc2c(c1)CCC(c1ccc3c(c1)OC(c1ccc4c(c1)OCCC4)C3)N2. The molecule has 3 nitrogen and oxygen atoms in total. The molecule has 0 radical (unpaired) electrons. The van der Waals surface area contributed by atoms with Crippen LogP contribution in [-0.2, 0) is 19.3 Å². The normalized spacial score (nSPS) is 21.8. The van der Waals surface area contributed by atoms with E-state index in [1.54, 1.807) is 0 Å². The van der Waals surface area contributed by atoms with Gasteiger partial charge < -0.3 is 14.8 Å². The first kappa shape index (κ1) is 17.0. The molecule has 3 heterocycles. The Morgan fingerprint density at radius 2 is 1.66 bits per heavy atom. The molecule has 3 aromatic carbocycles. The number of benzene rings is 3. The van der Waals surface area contributed by atoms with Crippen LogP contribution in [0.15, 0.2) is 60.7 Å². The molecule has 3 aliphatic heterocycles. The van der Waals surface area contributed by atoms with Crippen LogP contribution in [0.5, 0.6) is 11.5 Å². The number of fused-ring (bicyclic) bond motifs is 3. The molecule has 0 saturated carbocycles. The molecule has 1 N–H and O–H groups in total. The molecule has 2 unspecified atom stereocenters. The number of hydrogen-bond acceptors (Lipinski definition) is 3. The summed E-state index contributed by atoms with van der Waals surface area (Å²) in [6.45, 7) is 0.822. The second-order valence-electron chi connectivity index (χ2n) is 8.39. The Morgan fingerprint density at radius 1 is 0.793 bits per heavy atom. The molecule has 0 saturated heterocycles. The quantitative estimate of drug-likeness (QED) is 0.608. The summed E-state index contributed by atoms with van der Waals surface area (Å²) in [4.78, 5) is 0. The van der Waals surface area contributed by atoms with Crippen molar-refractivity contribution >= 4 is 5.69 Å². The molecule has 0 amide bonds. The Hall–Kier alpha value is -2.94. The molecule has 3 aliphatic rings. The summed E-state index contributed by atoms with van der Waals surface area (Å²) in [5, 5.41) is 3.71. The van der Waals surface area contributed by atoms with Crippen molar-refractivity contribution in [2.75, 3.05) is 11.9 Å². The van der Waals surface area contributed by atoms with Gasteiger partial charge in [0.2, 0.25) is 0 Å². The lowest BCUT2D eigenvalue weighted by Crippen LogP contribution is -2.17. The fourth-order valence-corrected chi connectivity index (χ4v) is 4.89. The van der Waals surface area contributed by atoms with E-state index in [0.29, 0.717) is 6.04 Å². The van der Waals surface area contributed by atoms with E-state index < -0.39 is 0 Å².